The number of carbonyl (C=O) groups excluding carboxylic acids is 2. The second-order valence-electron chi connectivity index (χ2n) is 8.36. The molecule has 0 amide bonds. The Balaban J connectivity index is 1.76. The number of esters is 2. The number of aromatic nitrogens is 1. The monoisotopic (exact) mass is 614 g/mol. The average Bonchev–Trinajstić information content (AvgIpc) is 3.21. The Labute approximate surface area is 237 Å². The first-order chi connectivity index (χ1) is 18.8. The van der Waals surface area contributed by atoms with Gasteiger partial charge in [-0.25, -0.2) is 14.6 Å². The van der Waals surface area contributed by atoms with Gasteiger partial charge in [0.2, 0.25) is 0 Å². The van der Waals surface area contributed by atoms with Gasteiger partial charge in [0.1, 0.15) is 11.5 Å². The fourth-order valence-electron chi connectivity index (χ4n) is 4.12. The maximum atomic E-state index is 13.7. The Kier molecular flexibility index (Phi) is 9.03. The van der Waals surface area contributed by atoms with E-state index in [2.05, 4.69) is 20.9 Å². The zero-order valence-electron chi connectivity index (χ0n) is 21.9. The number of nitrogens with zero attached hydrogens (tertiary/aromatic N) is 2. The molecule has 0 fully saturated rings. The molecule has 1 aliphatic rings. The predicted molar refractivity (Wildman–Crippen MR) is 150 cm³/mol. The summed E-state index contributed by atoms with van der Waals surface area (Å²) in [6.45, 7) is 5.50. The molecule has 11 heteroatoms. The Morgan fingerprint density at radius 2 is 1.82 bits per heavy atom. The normalized spacial score (nSPS) is 14.9. The molecule has 0 aliphatic carbocycles. The fraction of sp³-hybridized carbons (Fsp3) is 0.286. The van der Waals surface area contributed by atoms with E-state index in [1.54, 1.807) is 64.3 Å². The minimum absolute atomic E-state index is 0.185. The number of halogens is 1. The third-order valence-electron chi connectivity index (χ3n) is 5.85. The van der Waals surface area contributed by atoms with Crippen LogP contribution in [0.15, 0.2) is 68.0 Å². The molecule has 3 aromatic rings. The molecule has 0 bridgehead atoms. The van der Waals surface area contributed by atoms with Crippen molar-refractivity contribution in [3.05, 3.63) is 89.0 Å². The van der Waals surface area contributed by atoms with Gasteiger partial charge in [0.25, 0.3) is 5.56 Å². The molecule has 2 heterocycles. The molecule has 4 rings (SSSR count). The summed E-state index contributed by atoms with van der Waals surface area (Å²) >= 11 is 4.74. The van der Waals surface area contributed by atoms with Gasteiger partial charge < -0.3 is 18.9 Å². The van der Waals surface area contributed by atoms with Crippen LogP contribution in [0.3, 0.4) is 0 Å². The number of allylic oxidation sites excluding steroid dienone is 1. The largest absolute Gasteiger partial charge is 0.496 e. The molecule has 1 aromatic heterocycles. The van der Waals surface area contributed by atoms with Crippen molar-refractivity contribution in [1.29, 1.82) is 0 Å². The summed E-state index contributed by atoms with van der Waals surface area (Å²) in [5.74, 6) is 0.155. The van der Waals surface area contributed by atoms with Crippen LogP contribution >= 0.6 is 27.3 Å². The Morgan fingerprint density at radius 1 is 1.10 bits per heavy atom. The summed E-state index contributed by atoms with van der Waals surface area (Å²) in [6, 6.07) is 11.7. The number of rotatable bonds is 9. The third kappa shape index (κ3) is 6.15. The van der Waals surface area contributed by atoms with Crippen LogP contribution in [-0.4, -0.2) is 43.4 Å². The molecule has 39 heavy (non-hydrogen) atoms. The van der Waals surface area contributed by atoms with E-state index < -0.39 is 18.0 Å². The van der Waals surface area contributed by atoms with Gasteiger partial charge in [-0.2, -0.15) is 0 Å². The van der Waals surface area contributed by atoms with Crippen LogP contribution in [0.4, 0.5) is 0 Å². The second-order valence-corrected chi connectivity index (χ2v) is 10.2. The van der Waals surface area contributed by atoms with E-state index >= 15 is 0 Å². The lowest BCUT2D eigenvalue weighted by atomic mass is 9.96. The molecule has 0 spiro atoms. The van der Waals surface area contributed by atoms with E-state index in [4.69, 9.17) is 18.9 Å². The van der Waals surface area contributed by atoms with Gasteiger partial charge in [0.15, 0.2) is 11.4 Å². The standard InChI is InChI=1S/C28H27BrN2O7S/c1-5-36-23(32)15-38-19-10-7-17(8-11-19)13-22-26(33)31-25(18-9-12-21(35-4)20(29)14-18)24(27(34)37-6-2)16(3)30-28(31)39-22/h7-14,25H,5-6,15H2,1-4H3/b22-13+/t25-/m0/s1. The highest BCUT2D eigenvalue weighted by molar-refractivity contribution is 9.10. The predicted octanol–water partition coefficient (Wildman–Crippen LogP) is 3.51. The minimum Gasteiger partial charge on any atom is -0.496 e. The van der Waals surface area contributed by atoms with Crippen LogP contribution in [-0.2, 0) is 19.1 Å². The van der Waals surface area contributed by atoms with Crippen LogP contribution in [0.25, 0.3) is 6.08 Å². The third-order valence-corrected chi connectivity index (χ3v) is 7.45. The van der Waals surface area contributed by atoms with E-state index in [0.29, 0.717) is 42.1 Å². The zero-order chi connectivity index (χ0) is 28.1. The SMILES string of the molecule is CCOC(=O)COc1ccc(/C=c2/sc3n(c2=O)[C@@H](c2ccc(OC)c(Br)c2)C(C(=O)OCC)=C(C)N=3)cc1. The van der Waals surface area contributed by atoms with Crippen molar-refractivity contribution in [2.75, 3.05) is 26.9 Å². The highest BCUT2D eigenvalue weighted by Gasteiger charge is 2.33. The van der Waals surface area contributed by atoms with Crippen molar-refractivity contribution >= 4 is 45.3 Å². The Bertz CT molecular complexity index is 1610. The first-order valence-electron chi connectivity index (χ1n) is 12.2. The van der Waals surface area contributed by atoms with Crippen molar-refractivity contribution in [2.45, 2.75) is 26.8 Å². The summed E-state index contributed by atoms with van der Waals surface area (Å²) in [7, 11) is 1.57. The van der Waals surface area contributed by atoms with Gasteiger partial charge in [-0.15, -0.1) is 0 Å². The summed E-state index contributed by atoms with van der Waals surface area (Å²) in [5.41, 5.74) is 1.97. The molecule has 1 aliphatic heterocycles. The molecule has 0 saturated heterocycles. The highest BCUT2D eigenvalue weighted by Crippen LogP contribution is 2.35. The number of carbonyl (C=O) groups is 2. The highest BCUT2D eigenvalue weighted by atomic mass is 79.9. The fourth-order valence-corrected chi connectivity index (χ4v) is 5.72. The summed E-state index contributed by atoms with van der Waals surface area (Å²) in [4.78, 5) is 43.4. The maximum absolute atomic E-state index is 13.7. The molecular formula is C28H27BrN2O7S. The van der Waals surface area contributed by atoms with Gasteiger partial charge in [-0.3, -0.25) is 9.36 Å². The number of hydrogen-bond acceptors (Lipinski definition) is 9. The van der Waals surface area contributed by atoms with Gasteiger partial charge in [-0.05, 0) is 78.2 Å². The van der Waals surface area contributed by atoms with Gasteiger partial charge in [0, 0.05) is 0 Å². The molecule has 0 radical (unpaired) electrons. The van der Waals surface area contributed by atoms with Crippen LogP contribution < -0.4 is 24.4 Å². The first-order valence-corrected chi connectivity index (χ1v) is 13.8. The molecule has 0 saturated carbocycles. The van der Waals surface area contributed by atoms with E-state index in [0.717, 1.165) is 5.56 Å². The number of ether oxygens (including phenoxy) is 4. The number of hydrogen-bond donors (Lipinski definition) is 0. The summed E-state index contributed by atoms with van der Waals surface area (Å²) in [6.07, 6.45) is 1.75. The summed E-state index contributed by atoms with van der Waals surface area (Å²) < 4.78 is 23.7. The van der Waals surface area contributed by atoms with Crippen LogP contribution in [0.1, 0.15) is 37.9 Å². The number of fused-ring (bicyclic) bond motifs is 1. The average molecular weight is 616 g/mol. The topological polar surface area (TPSA) is 105 Å². The molecule has 2 aromatic carbocycles. The van der Waals surface area contributed by atoms with E-state index in [-0.39, 0.29) is 25.4 Å². The lowest BCUT2D eigenvalue weighted by Crippen LogP contribution is -2.39. The van der Waals surface area contributed by atoms with Crippen molar-refractivity contribution in [1.82, 2.24) is 4.57 Å². The van der Waals surface area contributed by atoms with Crippen molar-refractivity contribution < 1.29 is 28.5 Å². The maximum Gasteiger partial charge on any atom is 0.344 e. The molecular weight excluding hydrogens is 588 g/mol. The van der Waals surface area contributed by atoms with Crippen molar-refractivity contribution in [2.24, 2.45) is 4.99 Å². The molecule has 0 N–H and O–H groups in total. The van der Waals surface area contributed by atoms with E-state index in [1.165, 1.54) is 15.9 Å². The quantitative estimate of drug-likeness (QED) is 0.340. The van der Waals surface area contributed by atoms with Crippen molar-refractivity contribution in [3.63, 3.8) is 0 Å². The van der Waals surface area contributed by atoms with E-state index in [9.17, 15) is 14.4 Å². The molecule has 1 atom stereocenters. The number of methoxy groups -OCH3 is 1. The lowest BCUT2D eigenvalue weighted by molar-refractivity contribution is -0.145. The Hall–Kier alpha value is -3.70. The van der Waals surface area contributed by atoms with Gasteiger partial charge in [0.05, 0.1) is 46.6 Å². The Morgan fingerprint density at radius 3 is 2.46 bits per heavy atom. The van der Waals surface area contributed by atoms with E-state index in [1.807, 2.05) is 12.1 Å². The summed E-state index contributed by atoms with van der Waals surface area (Å²) in [5, 5.41) is 0. The van der Waals surface area contributed by atoms with Gasteiger partial charge >= 0.3 is 11.9 Å². The van der Waals surface area contributed by atoms with Crippen LogP contribution in [0, 0.1) is 0 Å². The minimum atomic E-state index is -0.733. The van der Waals surface area contributed by atoms with Crippen molar-refractivity contribution in [3.8, 4) is 11.5 Å². The zero-order valence-corrected chi connectivity index (χ0v) is 24.3. The molecule has 204 valence electrons. The molecule has 9 nitrogen and oxygen atoms in total. The second kappa shape index (κ2) is 12.4. The van der Waals surface area contributed by atoms with Crippen LogP contribution in [0.2, 0.25) is 0 Å². The molecule has 0 unspecified atom stereocenters. The van der Waals surface area contributed by atoms with Crippen LogP contribution in [0.5, 0.6) is 11.5 Å². The number of thiazole rings is 1. The van der Waals surface area contributed by atoms with Gasteiger partial charge in [-0.1, -0.05) is 29.5 Å². The number of benzene rings is 2. The smallest absolute Gasteiger partial charge is 0.344 e. The first kappa shape index (κ1) is 28.3. The lowest BCUT2D eigenvalue weighted by Gasteiger charge is -2.25.